The average molecular weight is 322 g/mol. The van der Waals surface area contributed by atoms with Gasteiger partial charge in [-0.1, -0.05) is 6.07 Å². The van der Waals surface area contributed by atoms with Gasteiger partial charge in [0.1, 0.15) is 0 Å². The number of fused-ring (bicyclic) bond motifs is 1. The van der Waals surface area contributed by atoms with Gasteiger partial charge in [0.05, 0.1) is 11.0 Å². The second-order valence-corrected chi connectivity index (χ2v) is 6.68. The Morgan fingerprint density at radius 1 is 1.25 bits per heavy atom. The van der Waals surface area contributed by atoms with Gasteiger partial charge >= 0.3 is 0 Å². The summed E-state index contributed by atoms with van der Waals surface area (Å²) in [6, 6.07) is 7.65. The Balaban J connectivity index is 1.43. The van der Waals surface area contributed by atoms with Crippen LogP contribution in [-0.4, -0.2) is 32.5 Å². The van der Waals surface area contributed by atoms with Gasteiger partial charge in [0.2, 0.25) is 5.56 Å². The van der Waals surface area contributed by atoms with Crippen LogP contribution in [0.3, 0.4) is 0 Å². The van der Waals surface area contributed by atoms with Crippen LogP contribution in [0.4, 0.5) is 0 Å². The van der Waals surface area contributed by atoms with E-state index in [1.807, 2.05) is 31.6 Å². The second-order valence-electron chi connectivity index (χ2n) is 6.68. The molecule has 124 valence electrons. The van der Waals surface area contributed by atoms with Crippen molar-refractivity contribution in [3.63, 3.8) is 0 Å². The predicted octanol–water partition coefficient (Wildman–Crippen LogP) is 2.64. The van der Waals surface area contributed by atoms with Gasteiger partial charge in [-0.25, -0.2) is 0 Å². The topological polar surface area (TPSA) is 53.9 Å². The minimum atomic E-state index is 0.0456. The summed E-state index contributed by atoms with van der Waals surface area (Å²) in [7, 11) is 1.81. The van der Waals surface area contributed by atoms with Gasteiger partial charge in [0, 0.05) is 38.2 Å². The van der Waals surface area contributed by atoms with Crippen molar-refractivity contribution < 1.29 is 0 Å². The zero-order valence-corrected chi connectivity index (χ0v) is 13.9. The molecule has 0 radical (unpaired) electrons. The number of likely N-dealkylation sites (tertiary alicyclic amines) is 1. The smallest absolute Gasteiger partial charge is 0.250 e. The Kier molecular flexibility index (Phi) is 3.94. The number of aryl methyl sites for hydroxylation is 1. The van der Waals surface area contributed by atoms with Crippen LogP contribution in [0.5, 0.6) is 0 Å². The van der Waals surface area contributed by atoms with Crippen molar-refractivity contribution >= 4 is 11.0 Å². The molecule has 0 spiro atoms. The minimum absolute atomic E-state index is 0.0456. The summed E-state index contributed by atoms with van der Waals surface area (Å²) in [6.45, 7) is 3.06. The van der Waals surface area contributed by atoms with E-state index in [4.69, 9.17) is 0 Å². The van der Waals surface area contributed by atoms with Crippen molar-refractivity contribution in [1.82, 2.24) is 19.4 Å². The highest BCUT2D eigenvalue weighted by atomic mass is 16.1. The molecule has 3 aromatic rings. The summed E-state index contributed by atoms with van der Waals surface area (Å²) < 4.78 is 1.65. The molecule has 1 aliphatic rings. The van der Waals surface area contributed by atoms with Crippen LogP contribution < -0.4 is 5.56 Å². The quantitative estimate of drug-likeness (QED) is 0.806. The minimum Gasteiger partial charge on any atom is -0.360 e. The average Bonchev–Trinajstić information content (AvgIpc) is 3.03. The third-order valence-corrected chi connectivity index (χ3v) is 5.04. The van der Waals surface area contributed by atoms with Crippen LogP contribution in [0.25, 0.3) is 11.0 Å². The number of piperidine rings is 1. The number of nitrogens with zero attached hydrogens (tertiary/aromatic N) is 3. The Labute approximate surface area is 140 Å². The number of aromatic nitrogens is 3. The van der Waals surface area contributed by atoms with Gasteiger partial charge in [0.25, 0.3) is 0 Å². The highest BCUT2D eigenvalue weighted by Gasteiger charge is 2.23. The lowest BCUT2D eigenvalue weighted by molar-refractivity contribution is 0.204. The van der Waals surface area contributed by atoms with E-state index in [2.05, 4.69) is 27.1 Å². The molecule has 3 aromatic heterocycles. The van der Waals surface area contributed by atoms with E-state index in [0.29, 0.717) is 5.92 Å². The number of H-pyrrole nitrogens is 1. The molecule has 4 heterocycles. The molecule has 0 saturated carbocycles. The molecule has 0 amide bonds. The summed E-state index contributed by atoms with van der Waals surface area (Å²) in [4.78, 5) is 21.8. The van der Waals surface area contributed by atoms with Crippen LogP contribution in [-0.2, 0) is 13.6 Å². The van der Waals surface area contributed by atoms with Gasteiger partial charge in [-0.15, -0.1) is 0 Å². The third-order valence-electron chi connectivity index (χ3n) is 5.04. The molecule has 24 heavy (non-hydrogen) atoms. The van der Waals surface area contributed by atoms with Gasteiger partial charge in [-0.05, 0) is 55.1 Å². The highest BCUT2D eigenvalue weighted by molar-refractivity contribution is 5.79. The zero-order chi connectivity index (χ0) is 16.5. The lowest BCUT2D eigenvalue weighted by Crippen LogP contribution is -2.32. The first-order chi connectivity index (χ1) is 11.7. The molecule has 1 saturated heterocycles. The Morgan fingerprint density at radius 2 is 2.08 bits per heavy atom. The normalized spacial score (nSPS) is 16.7. The molecule has 5 heteroatoms. The van der Waals surface area contributed by atoms with Crippen LogP contribution in [0, 0.1) is 0 Å². The Bertz CT molecular complexity index is 903. The number of nitrogens with one attached hydrogen (secondary N) is 1. The number of aromatic amines is 1. The van der Waals surface area contributed by atoms with E-state index in [0.717, 1.165) is 43.5 Å². The first-order valence-corrected chi connectivity index (χ1v) is 8.50. The molecular weight excluding hydrogens is 300 g/mol. The van der Waals surface area contributed by atoms with E-state index >= 15 is 0 Å². The van der Waals surface area contributed by atoms with E-state index in [-0.39, 0.29) is 5.56 Å². The fraction of sp³-hybridized carbons (Fsp3) is 0.368. The van der Waals surface area contributed by atoms with E-state index in [9.17, 15) is 4.79 Å². The van der Waals surface area contributed by atoms with E-state index < -0.39 is 0 Å². The molecular formula is C19H22N4O. The summed E-state index contributed by atoms with van der Waals surface area (Å²) in [5.74, 6) is 0.574. The van der Waals surface area contributed by atoms with Crippen LogP contribution in [0.1, 0.15) is 29.9 Å². The maximum Gasteiger partial charge on any atom is 0.250 e. The predicted molar refractivity (Wildman–Crippen MR) is 95.0 cm³/mol. The summed E-state index contributed by atoms with van der Waals surface area (Å²) >= 11 is 0. The lowest BCUT2D eigenvalue weighted by Gasteiger charge is -2.31. The van der Waals surface area contributed by atoms with Crippen molar-refractivity contribution in [2.75, 3.05) is 13.1 Å². The molecule has 0 aliphatic carbocycles. The fourth-order valence-electron chi connectivity index (χ4n) is 3.69. The van der Waals surface area contributed by atoms with Crippen LogP contribution >= 0.6 is 0 Å². The zero-order valence-electron chi connectivity index (χ0n) is 13.9. The summed E-state index contributed by atoms with van der Waals surface area (Å²) in [6.07, 6.45) is 8.24. The lowest BCUT2D eigenvalue weighted by atomic mass is 9.90. The van der Waals surface area contributed by atoms with Gasteiger partial charge in [0.15, 0.2) is 0 Å². The van der Waals surface area contributed by atoms with Crippen LogP contribution in [0.2, 0.25) is 0 Å². The molecule has 0 bridgehead atoms. The van der Waals surface area contributed by atoms with Crippen LogP contribution in [0.15, 0.2) is 47.7 Å². The molecule has 1 N–H and O–H groups in total. The molecule has 1 fully saturated rings. The maximum atomic E-state index is 11.5. The Hall–Kier alpha value is -2.40. The molecule has 5 nitrogen and oxygen atoms in total. The molecule has 0 atom stereocenters. The van der Waals surface area contributed by atoms with Gasteiger partial charge < -0.3 is 9.55 Å². The number of rotatable bonds is 3. The third kappa shape index (κ3) is 2.87. The van der Waals surface area contributed by atoms with E-state index in [1.165, 1.54) is 11.1 Å². The SMILES string of the molecule is Cn1cc(CN2CCC(c3c[nH]c4cccnc34)CC2)ccc1=O. The second kappa shape index (κ2) is 6.24. The van der Waals surface area contributed by atoms with Crippen molar-refractivity contribution in [3.8, 4) is 0 Å². The molecule has 0 unspecified atom stereocenters. The first kappa shape index (κ1) is 15.1. The molecule has 0 aromatic carbocycles. The van der Waals surface area contributed by atoms with Gasteiger partial charge in [-0.3, -0.25) is 14.7 Å². The number of pyridine rings is 2. The van der Waals surface area contributed by atoms with Crippen molar-refractivity contribution in [2.24, 2.45) is 7.05 Å². The monoisotopic (exact) mass is 322 g/mol. The largest absolute Gasteiger partial charge is 0.360 e. The standard InChI is InChI=1S/C19H22N4O/c1-22-12-14(4-5-18(22)24)13-23-9-6-15(7-10-23)16-11-21-17-3-2-8-20-19(16)17/h2-5,8,11-12,15,21H,6-7,9-10,13H2,1H3. The van der Waals surface area contributed by atoms with E-state index in [1.54, 1.807) is 10.6 Å². The van der Waals surface area contributed by atoms with Gasteiger partial charge in [-0.2, -0.15) is 0 Å². The Morgan fingerprint density at radius 3 is 2.88 bits per heavy atom. The van der Waals surface area contributed by atoms with Crippen molar-refractivity contribution in [2.45, 2.75) is 25.3 Å². The highest BCUT2D eigenvalue weighted by Crippen LogP contribution is 2.32. The maximum absolute atomic E-state index is 11.5. The molecule has 4 rings (SSSR count). The number of hydrogen-bond donors (Lipinski definition) is 1. The van der Waals surface area contributed by atoms with Crippen molar-refractivity contribution in [3.05, 3.63) is 64.3 Å². The fourth-order valence-corrected chi connectivity index (χ4v) is 3.69. The molecule has 1 aliphatic heterocycles. The number of hydrogen-bond acceptors (Lipinski definition) is 3. The summed E-state index contributed by atoms with van der Waals surface area (Å²) in [5, 5.41) is 0. The van der Waals surface area contributed by atoms with Crippen molar-refractivity contribution in [1.29, 1.82) is 0 Å². The summed E-state index contributed by atoms with van der Waals surface area (Å²) in [5.41, 5.74) is 4.84. The first-order valence-electron chi connectivity index (χ1n) is 8.50.